The maximum Gasteiger partial charge on any atom is 0.238 e. The number of nitrogens with one attached hydrogen (secondary N) is 1. The topological polar surface area (TPSA) is 89.3 Å². The molecule has 19 heavy (non-hydrogen) atoms. The van der Waals surface area contributed by atoms with E-state index in [0.29, 0.717) is 5.75 Å². The standard InChI is InChI=1S/C11H13FN2O3S2/c12-9-2-1-8(19(13,16)17)5-10(9)14-11(15)7-3-4-18-6-7/h1-2,5,7H,3-4,6H2,(H,14,15)(H2,13,16,17). The number of primary sulfonamides is 1. The Balaban J connectivity index is 2.22. The first-order valence-electron chi connectivity index (χ1n) is 5.59. The SMILES string of the molecule is NS(=O)(=O)c1ccc(F)c(NC(=O)C2CCSC2)c1. The van der Waals surface area contributed by atoms with Gasteiger partial charge in [-0.05, 0) is 30.4 Å². The second kappa shape index (κ2) is 5.48. The Bertz CT molecular complexity index is 598. The molecule has 1 aromatic rings. The molecule has 1 saturated heterocycles. The minimum Gasteiger partial charge on any atom is -0.323 e. The molecule has 0 radical (unpaired) electrons. The van der Waals surface area contributed by atoms with Crippen molar-refractivity contribution in [2.75, 3.05) is 16.8 Å². The van der Waals surface area contributed by atoms with Crippen LogP contribution in [-0.2, 0) is 14.8 Å². The van der Waals surface area contributed by atoms with E-state index in [-0.39, 0.29) is 22.4 Å². The van der Waals surface area contributed by atoms with Crippen molar-refractivity contribution >= 4 is 33.4 Å². The van der Waals surface area contributed by atoms with Gasteiger partial charge in [0.15, 0.2) is 0 Å². The largest absolute Gasteiger partial charge is 0.323 e. The highest BCUT2D eigenvalue weighted by atomic mass is 32.2. The molecular formula is C11H13FN2O3S2. The molecule has 0 spiro atoms. The van der Waals surface area contributed by atoms with Crippen LogP contribution in [0.15, 0.2) is 23.1 Å². The van der Waals surface area contributed by atoms with Crippen LogP contribution in [0.3, 0.4) is 0 Å². The van der Waals surface area contributed by atoms with Gasteiger partial charge in [0.25, 0.3) is 0 Å². The van der Waals surface area contributed by atoms with Crippen LogP contribution in [0.2, 0.25) is 0 Å². The summed E-state index contributed by atoms with van der Waals surface area (Å²) in [5, 5.41) is 7.38. The number of thioether (sulfide) groups is 1. The van der Waals surface area contributed by atoms with Crippen molar-refractivity contribution in [3.05, 3.63) is 24.0 Å². The fourth-order valence-corrected chi connectivity index (χ4v) is 3.51. The fraction of sp³-hybridized carbons (Fsp3) is 0.364. The summed E-state index contributed by atoms with van der Waals surface area (Å²) in [6.07, 6.45) is 0.743. The summed E-state index contributed by atoms with van der Waals surface area (Å²) in [7, 11) is -3.92. The third kappa shape index (κ3) is 3.46. The lowest BCUT2D eigenvalue weighted by Gasteiger charge is -2.11. The lowest BCUT2D eigenvalue weighted by Crippen LogP contribution is -2.23. The van der Waals surface area contributed by atoms with Gasteiger partial charge in [0.1, 0.15) is 5.82 Å². The first kappa shape index (κ1) is 14.3. The Kier molecular flexibility index (Phi) is 4.12. The van der Waals surface area contributed by atoms with E-state index >= 15 is 0 Å². The third-order valence-electron chi connectivity index (χ3n) is 2.82. The molecule has 0 aliphatic carbocycles. The number of nitrogens with two attached hydrogens (primary N) is 1. The molecule has 0 aromatic heterocycles. The molecule has 3 N–H and O–H groups in total. The van der Waals surface area contributed by atoms with E-state index in [0.717, 1.165) is 30.4 Å². The predicted molar refractivity (Wildman–Crippen MR) is 71.8 cm³/mol. The van der Waals surface area contributed by atoms with Crippen LogP contribution < -0.4 is 10.5 Å². The van der Waals surface area contributed by atoms with E-state index in [9.17, 15) is 17.6 Å². The van der Waals surface area contributed by atoms with Crippen LogP contribution in [0, 0.1) is 11.7 Å². The number of carbonyl (C=O) groups is 1. The predicted octanol–water partition coefficient (Wildman–Crippen LogP) is 1.16. The summed E-state index contributed by atoms with van der Waals surface area (Å²) in [5.74, 6) is 0.449. The van der Waals surface area contributed by atoms with Crippen LogP contribution in [0.5, 0.6) is 0 Å². The highest BCUT2D eigenvalue weighted by molar-refractivity contribution is 7.99. The number of rotatable bonds is 3. The van der Waals surface area contributed by atoms with Crippen LogP contribution in [0.1, 0.15) is 6.42 Å². The van der Waals surface area contributed by atoms with Gasteiger partial charge >= 0.3 is 0 Å². The smallest absolute Gasteiger partial charge is 0.238 e. The van der Waals surface area contributed by atoms with Crippen LogP contribution in [0.25, 0.3) is 0 Å². The summed E-state index contributed by atoms with van der Waals surface area (Å²) >= 11 is 1.66. The number of benzene rings is 1. The Labute approximate surface area is 114 Å². The molecule has 1 atom stereocenters. The molecule has 0 bridgehead atoms. The molecule has 5 nitrogen and oxygen atoms in total. The number of sulfonamides is 1. The number of halogens is 1. The molecule has 104 valence electrons. The second-order valence-corrected chi connectivity index (χ2v) is 6.95. The first-order chi connectivity index (χ1) is 8.88. The average molecular weight is 304 g/mol. The highest BCUT2D eigenvalue weighted by Crippen LogP contribution is 2.26. The van der Waals surface area contributed by atoms with Crippen LogP contribution in [0.4, 0.5) is 10.1 Å². The van der Waals surface area contributed by atoms with Crippen LogP contribution in [-0.4, -0.2) is 25.8 Å². The lowest BCUT2D eigenvalue weighted by molar-refractivity contribution is -0.119. The Hall–Kier alpha value is -1.12. The van der Waals surface area contributed by atoms with Gasteiger partial charge in [0.2, 0.25) is 15.9 Å². The van der Waals surface area contributed by atoms with Crippen molar-refractivity contribution in [1.82, 2.24) is 0 Å². The number of carbonyl (C=O) groups excluding carboxylic acids is 1. The van der Waals surface area contributed by atoms with E-state index < -0.39 is 15.8 Å². The monoisotopic (exact) mass is 304 g/mol. The molecule has 1 aliphatic heterocycles. The van der Waals surface area contributed by atoms with Crippen molar-refractivity contribution in [2.45, 2.75) is 11.3 Å². The quantitative estimate of drug-likeness (QED) is 0.877. The number of anilines is 1. The number of hydrogen-bond acceptors (Lipinski definition) is 4. The molecule has 1 aliphatic rings. The van der Waals surface area contributed by atoms with Gasteiger partial charge in [-0.25, -0.2) is 17.9 Å². The first-order valence-corrected chi connectivity index (χ1v) is 8.29. The van der Waals surface area contributed by atoms with E-state index in [1.807, 2.05) is 0 Å². The maximum absolute atomic E-state index is 13.5. The Morgan fingerprint density at radius 2 is 2.21 bits per heavy atom. The molecule has 1 heterocycles. The summed E-state index contributed by atoms with van der Waals surface area (Å²) in [6, 6.07) is 3.06. The maximum atomic E-state index is 13.5. The minimum atomic E-state index is -3.92. The third-order valence-corrected chi connectivity index (χ3v) is 4.90. The second-order valence-electron chi connectivity index (χ2n) is 4.24. The van der Waals surface area contributed by atoms with E-state index in [1.54, 1.807) is 11.8 Å². The van der Waals surface area contributed by atoms with Crippen molar-refractivity contribution < 1.29 is 17.6 Å². The zero-order valence-electron chi connectivity index (χ0n) is 9.93. The zero-order valence-corrected chi connectivity index (χ0v) is 11.6. The van der Waals surface area contributed by atoms with Gasteiger partial charge < -0.3 is 5.32 Å². The van der Waals surface area contributed by atoms with E-state index in [1.165, 1.54) is 0 Å². The Morgan fingerprint density at radius 1 is 1.47 bits per heavy atom. The zero-order chi connectivity index (χ0) is 14.0. The van der Waals surface area contributed by atoms with Gasteiger partial charge in [-0.2, -0.15) is 11.8 Å². The van der Waals surface area contributed by atoms with E-state index in [2.05, 4.69) is 5.32 Å². The van der Waals surface area contributed by atoms with Crippen molar-refractivity contribution in [3.63, 3.8) is 0 Å². The van der Waals surface area contributed by atoms with E-state index in [4.69, 9.17) is 5.14 Å². The van der Waals surface area contributed by atoms with Gasteiger partial charge in [0, 0.05) is 11.7 Å². The molecule has 1 unspecified atom stereocenters. The van der Waals surface area contributed by atoms with Crippen molar-refractivity contribution in [3.8, 4) is 0 Å². The lowest BCUT2D eigenvalue weighted by atomic mass is 10.1. The van der Waals surface area contributed by atoms with Crippen LogP contribution >= 0.6 is 11.8 Å². The number of hydrogen-bond donors (Lipinski definition) is 2. The summed E-state index contributed by atoms with van der Waals surface area (Å²) in [6.45, 7) is 0. The molecule has 8 heteroatoms. The highest BCUT2D eigenvalue weighted by Gasteiger charge is 2.24. The summed E-state index contributed by atoms with van der Waals surface area (Å²) in [5.41, 5.74) is -0.159. The van der Waals surface area contributed by atoms with Crippen molar-refractivity contribution in [1.29, 1.82) is 0 Å². The van der Waals surface area contributed by atoms with Crippen molar-refractivity contribution in [2.24, 2.45) is 11.1 Å². The summed E-state index contributed by atoms with van der Waals surface area (Å²) in [4.78, 5) is 11.6. The molecular weight excluding hydrogens is 291 g/mol. The molecule has 1 fully saturated rings. The molecule has 1 aromatic carbocycles. The normalized spacial score (nSPS) is 19.4. The molecule has 1 amide bonds. The minimum absolute atomic E-state index is 0.159. The fourth-order valence-electron chi connectivity index (χ4n) is 1.75. The van der Waals surface area contributed by atoms with Gasteiger partial charge in [-0.15, -0.1) is 0 Å². The van der Waals surface area contributed by atoms with Gasteiger partial charge in [-0.1, -0.05) is 0 Å². The Morgan fingerprint density at radius 3 is 2.79 bits per heavy atom. The number of amides is 1. The molecule has 2 rings (SSSR count). The van der Waals surface area contributed by atoms with Gasteiger partial charge in [0.05, 0.1) is 10.6 Å². The summed E-state index contributed by atoms with van der Waals surface area (Å²) < 4.78 is 35.9. The average Bonchev–Trinajstić information content (AvgIpc) is 2.84. The van der Waals surface area contributed by atoms with Gasteiger partial charge in [-0.3, -0.25) is 4.79 Å². The molecule has 0 saturated carbocycles.